The summed E-state index contributed by atoms with van der Waals surface area (Å²) >= 11 is 0. The van der Waals surface area contributed by atoms with Crippen molar-refractivity contribution in [3.8, 4) is 5.75 Å². The number of hydrogen-bond donors (Lipinski definition) is 3. The van der Waals surface area contributed by atoms with Crippen molar-refractivity contribution in [2.75, 3.05) is 23.7 Å². The zero-order valence-electron chi connectivity index (χ0n) is 23.1. The second kappa shape index (κ2) is 14.4. The molecule has 0 atom stereocenters. The maximum atomic E-state index is 12.2. The Labute approximate surface area is 252 Å². The van der Waals surface area contributed by atoms with Crippen molar-refractivity contribution in [1.82, 2.24) is 24.6 Å². The van der Waals surface area contributed by atoms with Crippen LogP contribution in [-0.2, 0) is 4.84 Å². The number of ether oxygens (including phenoxy) is 1. The van der Waals surface area contributed by atoms with Crippen molar-refractivity contribution in [2.24, 2.45) is 5.73 Å². The summed E-state index contributed by atoms with van der Waals surface area (Å²) in [6.07, 6.45) is 11.7. The number of aromatic nitrogens is 4. The van der Waals surface area contributed by atoms with Gasteiger partial charge in [-0.05, 0) is 63.5 Å². The van der Waals surface area contributed by atoms with Crippen LogP contribution >= 0.6 is 24.8 Å². The molecule has 1 aliphatic heterocycles. The Bertz CT molecular complexity index is 1260. The van der Waals surface area contributed by atoms with Crippen LogP contribution in [0.2, 0.25) is 0 Å². The summed E-state index contributed by atoms with van der Waals surface area (Å²) in [7, 11) is 0. The third-order valence-corrected chi connectivity index (χ3v) is 8.19. The Morgan fingerprint density at radius 1 is 0.878 bits per heavy atom. The highest BCUT2D eigenvalue weighted by molar-refractivity contribution is 5.86. The fraction of sp³-hybridized carbons (Fsp3) is 0.571. The van der Waals surface area contributed by atoms with Gasteiger partial charge >= 0.3 is 6.16 Å². The van der Waals surface area contributed by atoms with E-state index in [9.17, 15) is 4.79 Å². The van der Waals surface area contributed by atoms with Crippen molar-refractivity contribution in [2.45, 2.75) is 88.4 Å². The number of benzene rings is 1. The third-order valence-electron chi connectivity index (χ3n) is 8.19. The molecule has 6 rings (SSSR count). The Kier molecular flexibility index (Phi) is 10.9. The topological polar surface area (TPSA) is 132 Å². The highest BCUT2D eigenvalue weighted by Crippen LogP contribution is 2.34. The molecule has 3 aromatic rings. The van der Waals surface area contributed by atoms with Crippen molar-refractivity contribution >= 4 is 53.9 Å². The first-order chi connectivity index (χ1) is 19.1. The quantitative estimate of drug-likeness (QED) is 0.235. The first-order valence-electron chi connectivity index (χ1n) is 14.3. The van der Waals surface area contributed by atoms with Crippen molar-refractivity contribution in [3.63, 3.8) is 0 Å². The predicted octanol–water partition coefficient (Wildman–Crippen LogP) is 5.47. The van der Waals surface area contributed by atoms with Gasteiger partial charge in [0.1, 0.15) is 5.75 Å². The average Bonchev–Trinajstić information content (AvgIpc) is 3.62. The number of nitrogens with one attached hydrogen (secondary N) is 2. The molecule has 0 radical (unpaired) electrons. The van der Waals surface area contributed by atoms with Gasteiger partial charge in [0.2, 0.25) is 5.95 Å². The van der Waals surface area contributed by atoms with Crippen LogP contribution in [-0.4, -0.2) is 62.0 Å². The van der Waals surface area contributed by atoms with Crippen LogP contribution in [0.25, 0.3) is 11.2 Å². The van der Waals surface area contributed by atoms with Crippen molar-refractivity contribution in [3.05, 3.63) is 36.7 Å². The van der Waals surface area contributed by atoms with Crippen LogP contribution in [0.1, 0.15) is 70.3 Å². The van der Waals surface area contributed by atoms with E-state index in [1.165, 1.54) is 12.8 Å². The molecule has 4 N–H and O–H groups in total. The summed E-state index contributed by atoms with van der Waals surface area (Å²) in [6.45, 7) is 1.19. The number of carbonyl (C=O) groups excluding carboxylic acids is 1. The number of hydroxylamine groups is 2. The van der Waals surface area contributed by atoms with Crippen LogP contribution in [0.4, 0.5) is 16.6 Å². The number of anilines is 2. The lowest BCUT2D eigenvalue weighted by Crippen LogP contribution is -2.41. The van der Waals surface area contributed by atoms with E-state index in [1.807, 2.05) is 24.5 Å². The molecule has 2 aromatic heterocycles. The number of imidazole rings is 1. The van der Waals surface area contributed by atoms with E-state index < -0.39 is 6.16 Å². The molecule has 3 aliphatic rings. The van der Waals surface area contributed by atoms with E-state index in [0.717, 1.165) is 68.3 Å². The Hall–Kier alpha value is -2.86. The maximum Gasteiger partial charge on any atom is 0.533 e. The van der Waals surface area contributed by atoms with Gasteiger partial charge in [-0.15, -0.1) is 29.9 Å². The molecular formula is C28H40Cl2N8O3. The molecule has 0 spiro atoms. The Morgan fingerprint density at radius 3 is 2.27 bits per heavy atom. The summed E-state index contributed by atoms with van der Waals surface area (Å²) in [5, 5.41) is 8.89. The van der Waals surface area contributed by atoms with Gasteiger partial charge < -0.3 is 30.5 Å². The molecule has 13 heteroatoms. The number of fused-ring (bicyclic) bond motifs is 1. The van der Waals surface area contributed by atoms with E-state index in [4.69, 9.17) is 30.3 Å². The lowest BCUT2D eigenvalue weighted by atomic mass is 9.92. The van der Waals surface area contributed by atoms with Gasteiger partial charge in [0, 0.05) is 37.3 Å². The van der Waals surface area contributed by atoms with Crippen LogP contribution < -0.4 is 21.1 Å². The van der Waals surface area contributed by atoms with Crippen molar-refractivity contribution in [1.29, 1.82) is 0 Å². The first kappa shape index (κ1) is 31.1. The Balaban J connectivity index is 0.00000194. The first-order valence-corrected chi connectivity index (χ1v) is 14.3. The number of carbonyl (C=O) groups is 1. The van der Waals surface area contributed by atoms with Gasteiger partial charge in [-0.25, -0.2) is 9.78 Å². The monoisotopic (exact) mass is 606 g/mol. The van der Waals surface area contributed by atoms with E-state index in [0.29, 0.717) is 42.9 Å². The summed E-state index contributed by atoms with van der Waals surface area (Å²) in [6, 6.07) is 10.2. The molecule has 1 saturated heterocycles. The molecule has 0 unspecified atom stereocenters. The predicted molar refractivity (Wildman–Crippen MR) is 163 cm³/mol. The lowest BCUT2D eigenvalue weighted by Gasteiger charge is -2.31. The minimum atomic E-state index is -0.720. The van der Waals surface area contributed by atoms with Crippen LogP contribution in [0.3, 0.4) is 0 Å². The standard InChI is InChI=1S/C28H38N8O3.2ClH/c29-19-10-12-20(13-11-19)32-27-33-25(24-26(34-27)36(18-30-24)22-6-4-5-7-22)31-21-14-16-35(17-15-21)39-28(37)38-23-8-2-1-3-9-23;;/h1-3,8-9,18-22H,4-7,10-17,29H2,(H2,31,32,33,34);2*1H/t19-,20-;;. The minimum absolute atomic E-state index is 0. The largest absolute Gasteiger partial charge is 0.533 e. The van der Waals surface area contributed by atoms with Crippen LogP contribution in [0.5, 0.6) is 5.75 Å². The molecule has 3 heterocycles. The van der Waals surface area contributed by atoms with Gasteiger partial charge in [0.05, 0.1) is 6.33 Å². The number of nitrogens with zero attached hydrogens (tertiary/aromatic N) is 5. The molecule has 2 saturated carbocycles. The number of rotatable bonds is 7. The zero-order valence-corrected chi connectivity index (χ0v) is 24.7. The highest BCUT2D eigenvalue weighted by Gasteiger charge is 2.27. The summed E-state index contributed by atoms with van der Waals surface area (Å²) in [5.74, 6) is 1.87. The number of nitrogens with two attached hydrogens (primary N) is 1. The molecule has 3 fully saturated rings. The molecule has 41 heavy (non-hydrogen) atoms. The number of para-hydroxylation sites is 1. The second-order valence-electron chi connectivity index (χ2n) is 11.0. The SMILES string of the molecule is Cl.Cl.N[C@H]1CC[C@H](Nc2nc(NC3CCN(OC(=O)Oc4ccccc4)CC3)c3ncn(C4CCCC4)c3n2)CC1. The van der Waals surface area contributed by atoms with E-state index in [2.05, 4.69) is 15.2 Å². The Morgan fingerprint density at radius 2 is 1.56 bits per heavy atom. The molecule has 2 aliphatic carbocycles. The average molecular weight is 608 g/mol. The van der Waals surface area contributed by atoms with E-state index in [-0.39, 0.29) is 30.9 Å². The van der Waals surface area contributed by atoms with Crippen LogP contribution in [0, 0.1) is 0 Å². The van der Waals surface area contributed by atoms with Gasteiger partial charge in [0.15, 0.2) is 17.0 Å². The van der Waals surface area contributed by atoms with Gasteiger partial charge in [-0.3, -0.25) is 0 Å². The molecule has 0 amide bonds. The van der Waals surface area contributed by atoms with Gasteiger partial charge in [-0.1, -0.05) is 31.0 Å². The molecular weight excluding hydrogens is 567 g/mol. The summed E-state index contributed by atoms with van der Waals surface area (Å²) in [4.78, 5) is 32.2. The summed E-state index contributed by atoms with van der Waals surface area (Å²) in [5.41, 5.74) is 7.82. The number of halogens is 2. The van der Waals surface area contributed by atoms with Gasteiger partial charge in [-0.2, -0.15) is 9.97 Å². The fourth-order valence-corrected chi connectivity index (χ4v) is 5.97. The second-order valence-corrected chi connectivity index (χ2v) is 11.0. The summed E-state index contributed by atoms with van der Waals surface area (Å²) < 4.78 is 7.50. The van der Waals surface area contributed by atoms with Crippen molar-refractivity contribution < 1.29 is 14.4 Å². The number of hydrogen-bond acceptors (Lipinski definition) is 10. The molecule has 224 valence electrons. The van der Waals surface area contributed by atoms with E-state index in [1.54, 1.807) is 17.2 Å². The number of piperidine rings is 1. The molecule has 0 bridgehead atoms. The highest BCUT2D eigenvalue weighted by atomic mass is 35.5. The lowest BCUT2D eigenvalue weighted by molar-refractivity contribution is -0.127. The molecule has 1 aromatic carbocycles. The zero-order chi connectivity index (χ0) is 26.6. The maximum absolute atomic E-state index is 12.2. The van der Waals surface area contributed by atoms with E-state index >= 15 is 0 Å². The van der Waals surface area contributed by atoms with Crippen LogP contribution in [0.15, 0.2) is 36.7 Å². The fourth-order valence-electron chi connectivity index (χ4n) is 5.97. The molecule has 11 nitrogen and oxygen atoms in total. The minimum Gasteiger partial charge on any atom is -0.394 e. The normalized spacial score (nSPS) is 22.0. The third kappa shape index (κ3) is 7.71. The van der Waals surface area contributed by atoms with Gasteiger partial charge in [0.25, 0.3) is 0 Å². The smallest absolute Gasteiger partial charge is 0.394 e.